The number of hydrogen-bond acceptors (Lipinski definition) is 2. The Morgan fingerprint density at radius 2 is 1.68 bits per heavy atom. The molecule has 0 saturated heterocycles. The molecule has 0 unspecified atom stereocenters. The van der Waals surface area contributed by atoms with E-state index >= 15 is 0 Å². The van der Waals surface area contributed by atoms with Gasteiger partial charge in [0, 0.05) is 10.5 Å². The van der Waals surface area contributed by atoms with E-state index in [0.29, 0.717) is 11.3 Å². The van der Waals surface area contributed by atoms with Crippen LogP contribution in [0.25, 0.3) is 0 Å². The number of carbonyl (C=O) groups is 2. The van der Waals surface area contributed by atoms with Crippen LogP contribution in [0.4, 0.5) is 5.69 Å². The van der Waals surface area contributed by atoms with Crippen molar-refractivity contribution in [3.05, 3.63) is 64.1 Å². The highest BCUT2D eigenvalue weighted by Crippen LogP contribution is 2.20. The van der Waals surface area contributed by atoms with Crippen molar-refractivity contribution < 1.29 is 9.59 Å². The van der Waals surface area contributed by atoms with Crippen molar-refractivity contribution in [2.45, 2.75) is 38.1 Å². The summed E-state index contributed by atoms with van der Waals surface area (Å²) in [5, 5.41) is 5.94. The smallest absolute Gasteiger partial charge is 0.253 e. The molecule has 5 heteroatoms. The standard InChI is InChI=1S/C20H21BrN2O2/c21-15-11-9-14(10-12-15)13-19(24)23-18-8-4-3-7-17(18)20(25)22-16-5-1-2-6-16/h3-4,7-12,16H,1-2,5-6,13H2,(H,22,25)(H,23,24). The van der Waals surface area contributed by atoms with Crippen LogP contribution in [0, 0.1) is 0 Å². The van der Waals surface area contributed by atoms with E-state index in [-0.39, 0.29) is 24.3 Å². The lowest BCUT2D eigenvalue weighted by molar-refractivity contribution is -0.115. The molecule has 0 aliphatic heterocycles. The van der Waals surface area contributed by atoms with Gasteiger partial charge in [-0.1, -0.05) is 53.0 Å². The van der Waals surface area contributed by atoms with Crippen LogP contribution in [0.15, 0.2) is 53.0 Å². The molecule has 1 aliphatic carbocycles. The Morgan fingerprint density at radius 1 is 1.00 bits per heavy atom. The predicted octanol–water partition coefficient (Wildman–Crippen LogP) is 4.30. The van der Waals surface area contributed by atoms with Gasteiger partial charge >= 0.3 is 0 Å². The molecule has 3 rings (SSSR count). The number of para-hydroxylation sites is 1. The van der Waals surface area contributed by atoms with Gasteiger partial charge < -0.3 is 10.6 Å². The number of anilines is 1. The molecule has 0 aromatic heterocycles. The lowest BCUT2D eigenvalue weighted by Gasteiger charge is -2.15. The lowest BCUT2D eigenvalue weighted by atomic mass is 10.1. The Hall–Kier alpha value is -2.14. The van der Waals surface area contributed by atoms with E-state index in [9.17, 15) is 9.59 Å². The summed E-state index contributed by atoms with van der Waals surface area (Å²) >= 11 is 3.38. The number of halogens is 1. The van der Waals surface area contributed by atoms with E-state index < -0.39 is 0 Å². The van der Waals surface area contributed by atoms with Crippen molar-refractivity contribution >= 4 is 33.4 Å². The monoisotopic (exact) mass is 400 g/mol. The number of hydrogen-bond donors (Lipinski definition) is 2. The van der Waals surface area contributed by atoms with Crippen molar-refractivity contribution in [1.82, 2.24) is 5.32 Å². The third-order valence-electron chi connectivity index (χ3n) is 4.41. The molecule has 2 N–H and O–H groups in total. The van der Waals surface area contributed by atoms with E-state index in [0.717, 1.165) is 35.7 Å². The Balaban J connectivity index is 1.66. The van der Waals surface area contributed by atoms with Gasteiger partial charge in [-0.2, -0.15) is 0 Å². The van der Waals surface area contributed by atoms with Crippen LogP contribution in [-0.2, 0) is 11.2 Å². The van der Waals surface area contributed by atoms with Gasteiger partial charge in [0.15, 0.2) is 0 Å². The Labute approximate surface area is 156 Å². The first-order chi connectivity index (χ1) is 12.1. The molecule has 2 aromatic rings. The molecule has 130 valence electrons. The molecular weight excluding hydrogens is 380 g/mol. The molecule has 2 aromatic carbocycles. The average molecular weight is 401 g/mol. The Morgan fingerprint density at radius 3 is 2.40 bits per heavy atom. The summed E-state index contributed by atoms with van der Waals surface area (Å²) in [7, 11) is 0. The van der Waals surface area contributed by atoms with Gasteiger partial charge in [-0.15, -0.1) is 0 Å². The van der Waals surface area contributed by atoms with Crippen LogP contribution in [-0.4, -0.2) is 17.9 Å². The van der Waals surface area contributed by atoms with Crippen molar-refractivity contribution in [3.8, 4) is 0 Å². The molecule has 1 fully saturated rings. The van der Waals surface area contributed by atoms with Gasteiger partial charge in [0.05, 0.1) is 17.7 Å². The number of carbonyl (C=O) groups excluding carboxylic acids is 2. The second-order valence-corrected chi connectivity index (χ2v) is 7.27. The van der Waals surface area contributed by atoms with Gasteiger partial charge in [0.2, 0.25) is 5.91 Å². The number of rotatable bonds is 5. The molecule has 4 nitrogen and oxygen atoms in total. The lowest BCUT2D eigenvalue weighted by Crippen LogP contribution is -2.33. The molecule has 2 amide bonds. The fourth-order valence-corrected chi connectivity index (χ4v) is 3.37. The van der Waals surface area contributed by atoms with Gasteiger partial charge in [-0.3, -0.25) is 9.59 Å². The van der Waals surface area contributed by atoms with E-state index in [4.69, 9.17) is 0 Å². The third kappa shape index (κ3) is 4.92. The van der Waals surface area contributed by atoms with Crippen molar-refractivity contribution in [2.75, 3.05) is 5.32 Å². The van der Waals surface area contributed by atoms with E-state index in [1.54, 1.807) is 12.1 Å². The number of nitrogens with one attached hydrogen (secondary N) is 2. The number of benzene rings is 2. The van der Waals surface area contributed by atoms with Gasteiger partial charge in [-0.25, -0.2) is 0 Å². The minimum atomic E-state index is -0.136. The first-order valence-corrected chi connectivity index (χ1v) is 9.35. The second-order valence-electron chi connectivity index (χ2n) is 6.35. The molecule has 0 radical (unpaired) electrons. The summed E-state index contributed by atoms with van der Waals surface area (Å²) in [4.78, 5) is 24.9. The molecule has 0 atom stereocenters. The predicted molar refractivity (Wildman–Crippen MR) is 103 cm³/mol. The van der Waals surface area contributed by atoms with E-state index in [2.05, 4.69) is 26.6 Å². The third-order valence-corrected chi connectivity index (χ3v) is 4.94. The van der Waals surface area contributed by atoms with Crippen molar-refractivity contribution in [3.63, 3.8) is 0 Å². The van der Waals surface area contributed by atoms with Crippen molar-refractivity contribution in [2.24, 2.45) is 0 Å². The highest BCUT2D eigenvalue weighted by atomic mass is 79.9. The maximum absolute atomic E-state index is 12.5. The Bertz CT molecular complexity index is 753. The van der Waals surface area contributed by atoms with Crippen LogP contribution in [0.1, 0.15) is 41.6 Å². The minimum absolute atomic E-state index is 0.119. The first-order valence-electron chi connectivity index (χ1n) is 8.56. The molecule has 1 aliphatic rings. The molecule has 0 heterocycles. The highest BCUT2D eigenvalue weighted by molar-refractivity contribution is 9.10. The SMILES string of the molecule is O=C(Cc1ccc(Br)cc1)Nc1ccccc1C(=O)NC1CCCC1. The quantitative estimate of drug-likeness (QED) is 0.785. The van der Waals surface area contributed by atoms with E-state index in [1.807, 2.05) is 36.4 Å². The molecule has 0 bridgehead atoms. The van der Waals surface area contributed by atoms with Gasteiger partial charge in [0.1, 0.15) is 0 Å². The minimum Gasteiger partial charge on any atom is -0.349 e. The van der Waals surface area contributed by atoms with Crippen LogP contribution in [0.2, 0.25) is 0 Å². The molecule has 1 saturated carbocycles. The maximum atomic E-state index is 12.5. The average Bonchev–Trinajstić information content (AvgIpc) is 3.10. The highest BCUT2D eigenvalue weighted by Gasteiger charge is 2.20. The fourth-order valence-electron chi connectivity index (χ4n) is 3.11. The maximum Gasteiger partial charge on any atom is 0.253 e. The first kappa shape index (κ1) is 17.7. The number of amides is 2. The molecule has 25 heavy (non-hydrogen) atoms. The normalized spacial score (nSPS) is 14.3. The summed E-state index contributed by atoms with van der Waals surface area (Å²) in [6.45, 7) is 0. The van der Waals surface area contributed by atoms with Crippen LogP contribution in [0.3, 0.4) is 0 Å². The topological polar surface area (TPSA) is 58.2 Å². The zero-order valence-corrected chi connectivity index (χ0v) is 15.5. The van der Waals surface area contributed by atoms with Crippen LogP contribution < -0.4 is 10.6 Å². The summed E-state index contributed by atoms with van der Waals surface area (Å²) in [6.07, 6.45) is 4.66. The summed E-state index contributed by atoms with van der Waals surface area (Å²) in [5.74, 6) is -0.255. The second kappa shape index (κ2) is 8.30. The van der Waals surface area contributed by atoms with Gasteiger partial charge in [-0.05, 0) is 42.7 Å². The van der Waals surface area contributed by atoms with Crippen LogP contribution in [0.5, 0.6) is 0 Å². The van der Waals surface area contributed by atoms with Crippen LogP contribution >= 0.6 is 15.9 Å². The Kier molecular flexibility index (Phi) is 5.87. The fraction of sp³-hybridized carbons (Fsp3) is 0.300. The zero-order chi connectivity index (χ0) is 17.6. The molecule has 0 spiro atoms. The summed E-state index contributed by atoms with van der Waals surface area (Å²) < 4.78 is 0.977. The zero-order valence-electron chi connectivity index (χ0n) is 13.9. The van der Waals surface area contributed by atoms with E-state index in [1.165, 1.54) is 0 Å². The van der Waals surface area contributed by atoms with Crippen molar-refractivity contribution in [1.29, 1.82) is 0 Å². The van der Waals surface area contributed by atoms with Gasteiger partial charge in [0.25, 0.3) is 5.91 Å². The largest absolute Gasteiger partial charge is 0.349 e. The molecular formula is C20H21BrN2O2. The summed E-state index contributed by atoms with van der Waals surface area (Å²) in [5.41, 5.74) is 1.99. The summed E-state index contributed by atoms with van der Waals surface area (Å²) in [6, 6.07) is 15.0.